The molecule has 0 aromatic carbocycles. The number of hydrogen-bond donors (Lipinski definition) is 0. The zero-order chi connectivity index (χ0) is 5.82. The molecular weight excluding hydrogens is 100 g/mol. The van der Waals surface area contributed by atoms with E-state index in [4.69, 9.17) is 0 Å². The van der Waals surface area contributed by atoms with Crippen molar-refractivity contribution in [3.05, 3.63) is 0 Å². The van der Waals surface area contributed by atoms with Gasteiger partial charge in [-0.25, -0.2) is 0 Å². The highest BCUT2D eigenvalue weighted by Gasteiger charge is 2.06. The van der Waals surface area contributed by atoms with E-state index in [0.717, 1.165) is 13.0 Å². The van der Waals surface area contributed by atoms with Crippen LogP contribution in [0.2, 0.25) is 0 Å². The molecule has 1 rings (SSSR count). The Morgan fingerprint density at radius 3 is 3.12 bits per heavy atom. The SMILES string of the molecule is CCC=N[C@H]1C=NC1. The Bertz CT molecular complexity index is 116. The van der Waals surface area contributed by atoms with E-state index >= 15 is 0 Å². The van der Waals surface area contributed by atoms with Crippen LogP contribution >= 0.6 is 0 Å². The maximum atomic E-state index is 4.17. The van der Waals surface area contributed by atoms with Crippen LogP contribution in [-0.4, -0.2) is 25.0 Å². The second kappa shape index (κ2) is 2.60. The molecular formula is C6H10N2. The average Bonchev–Trinajstić information content (AvgIpc) is 1.63. The molecule has 1 aliphatic rings. The molecule has 2 nitrogen and oxygen atoms in total. The molecule has 2 heteroatoms. The standard InChI is InChI=1S/C6H10N2/c1-2-3-8-6-4-7-5-6/h3-4,6H,2,5H2,1H3/t6-/m0/s1. The van der Waals surface area contributed by atoms with Gasteiger partial charge in [0, 0.05) is 6.21 Å². The molecule has 0 aromatic rings. The van der Waals surface area contributed by atoms with Crippen molar-refractivity contribution in [2.45, 2.75) is 19.4 Å². The van der Waals surface area contributed by atoms with Gasteiger partial charge in [-0.2, -0.15) is 0 Å². The van der Waals surface area contributed by atoms with Crippen LogP contribution in [0.5, 0.6) is 0 Å². The highest BCUT2D eigenvalue weighted by Crippen LogP contribution is 1.96. The van der Waals surface area contributed by atoms with Crippen LogP contribution in [-0.2, 0) is 0 Å². The van der Waals surface area contributed by atoms with Crippen LogP contribution in [0, 0.1) is 0 Å². The summed E-state index contributed by atoms with van der Waals surface area (Å²) in [4.78, 5) is 8.09. The first-order valence-corrected chi connectivity index (χ1v) is 2.95. The van der Waals surface area contributed by atoms with Crippen molar-refractivity contribution >= 4 is 12.4 Å². The van der Waals surface area contributed by atoms with Crippen LogP contribution in [0.1, 0.15) is 13.3 Å². The van der Waals surface area contributed by atoms with E-state index in [1.54, 1.807) is 0 Å². The zero-order valence-electron chi connectivity index (χ0n) is 5.04. The lowest BCUT2D eigenvalue weighted by Crippen LogP contribution is -2.19. The fourth-order valence-electron chi connectivity index (χ4n) is 0.526. The molecule has 0 bridgehead atoms. The van der Waals surface area contributed by atoms with Gasteiger partial charge in [0.25, 0.3) is 0 Å². The molecule has 0 amide bonds. The van der Waals surface area contributed by atoms with Crippen molar-refractivity contribution in [1.29, 1.82) is 0 Å². The average molecular weight is 110 g/mol. The van der Waals surface area contributed by atoms with E-state index < -0.39 is 0 Å². The molecule has 1 atom stereocenters. The minimum absolute atomic E-state index is 0.412. The van der Waals surface area contributed by atoms with Crippen molar-refractivity contribution in [3.63, 3.8) is 0 Å². The first-order valence-electron chi connectivity index (χ1n) is 2.95. The van der Waals surface area contributed by atoms with Gasteiger partial charge in [-0.1, -0.05) is 6.92 Å². The molecule has 0 saturated heterocycles. The second-order valence-corrected chi connectivity index (χ2v) is 1.82. The summed E-state index contributed by atoms with van der Waals surface area (Å²) in [5.74, 6) is 0. The third-order valence-electron chi connectivity index (χ3n) is 1.05. The molecule has 8 heavy (non-hydrogen) atoms. The van der Waals surface area contributed by atoms with Crippen molar-refractivity contribution in [2.24, 2.45) is 9.98 Å². The van der Waals surface area contributed by atoms with Gasteiger partial charge in [0.15, 0.2) is 0 Å². The Hall–Kier alpha value is -0.660. The number of nitrogens with zero attached hydrogens (tertiary/aromatic N) is 2. The Labute approximate surface area is 49.3 Å². The predicted octanol–water partition coefficient (Wildman–Crippen LogP) is 0.920. The predicted molar refractivity (Wildman–Crippen MR) is 35.9 cm³/mol. The van der Waals surface area contributed by atoms with Gasteiger partial charge in [0.05, 0.1) is 6.54 Å². The zero-order valence-corrected chi connectivity index (χ0v) is 5.04. The second-order valence-electron chi connectivity index (χ2n) is 1.82. The molecule has 1 aliphatic heterocycles. The number of aliphatic imine (C=N–C) groups is 2. The minimum atomic E-state index is 0.412. The molecule has 0 saturated carbocycles. The molecule has 0 unspecified atom stereocenters. The Balaban J connectivity index is 2.19. The Kier molecular flexibility index (Phi) is 1.78. The van der Waals surface area contributed by atoms with Gasteiger partial charge in [-0.15, -0.1) is 0 Å². The summed E-state index contributed by atoms with van der Waals surface area (Å²) in [5, 5.41) is 0. The minimum Gasteiger partial charge on any atom is -0.293 e. The lowest BCUT2D eigenvalue weighted by atomic mass is 10.2. The smallest absolute Gasteiger partial charge is 0.104 e. The van der Waals surface area contributed by atoms with E-state index in [0.29, 0.717) is 6.04 Å². The first kappa shape index (κ1) is 5.48. The summed E-state index contributed by atoms with van der Waals surface area (Å²) in [6.45, 7) is 2.98. The number of hydrogen-bond acceptors (Lipinski definition) is 2. The third kappa shape index (κ3) is 1.15. The van der Waals surface area contributed by atoms with Crippen LogP contribution in [0.4, 0.5) is 0 Å². The van der Waals surface area contributed by atoms with Crippen molar-refractivity contribution in [2.75, 3.05) is 6.54 Å². The summed E-state index contributed by atoms with van der Waals surface area (Å²) in [6.07, 6.45) is 4.85. The summed E-state index contributed by atoms with van der Waals surface area (Å²) in [5.41, 5.74) is 0. The molecule has 0 aliphatic carbocycles. The highest BCUT2D eigenvalue weighted by atomic mass is 14.9. The summed E-state index contributed by atoms with van der Waals surface area (Å²) in [7, 11) is 0. The van der Waals surface area contributed by atoms with Crippen LogP contribution < -0.4 is 0 Å². The molecule has 0 aromatic heterocycles. The van der Waals surface area contributed by atoms with E-state index in [9.17, 15) is 0 Å². The van der Waals surface area contributed by atoms with Gasteiger partial charge in [-0.3, -0.25) is 9.98 Å². The van der Waals surface area contributed by atoms with Gasteiger partial charge in [0.1, 0.15) is 6.04 Å². The largest absolute Gasteiger partial charge is 0.293 e. The van der Waals surface area contributed by atoms with Gasteiger partial charge in [-0.05, 0) is 12.6 Å². The lowest BCUT2D eigenvalue weighted by molar-refractivity contribution is 0.815. The fourth-order valence-corrected chi connectivity index (χ4v) is 0.526. The van der Waals surface area contributed by atoms with Crippen molar-refractivity contribution < 1.29 is 0 Å². The Morgan fingerprint density at radius 1 is 2.00 bits per heavy atom. The normalized spacial score (nSPS) is 26.4. The third-order valence-corrected chi connectivity index (χ3v) is 1.05. The molecule has 1 heterocycles. The summed E-state index contributed by atoms with van der Waals surface area (Å²) in [6, 6.07) is 0.412. The van der Waals surface area contributed by atoms with Crippen LogP contribution in [0.3, 0.4) is 0 Å². The molecule has 0 N–H and O–H groups in total. The van der Waals surface area contributed by atoms with Gasteiger partial charge >= 0.3 is 0 Å². The van der Waals surface area contributed by atoms with Crippen molar-refractivity contribution in [3.8, 4) is 0 Å². The monoisotopic (exact) mass is 110 g/mol. The topological polar surface area (TPSA) is 24.7 Å². The summed E-state index contributed by atoms with van der Waals surface area (Å²) < 4.78 is 0. The first-order chi connectivity index (χ1) is 3.93. The quantitative estimate of drug-likeness (QED) is 0.472. The Morgan fingerprint density at radius 2 is 2.75 bits per heavy atom. The molecule has 0 radical (unpaired) electrons. The lowest BCUT2D eigenvalue weighted by Gasteiger charge is -2.09. The van der Waals surface area contributed by atoms with Crippen LogP contribution in [0.25, 0.3) is 0 Å². The van der Waals surface area contributed by atoms with E-state index in [1.807, 2.05) is 12.4 Å². The number of rotatable bonds is 2. The summed E-state index contributed by atoms with van der Waals surface area (Å²) >= 11 is 0. The van der Waals surface area contributed by atoms with Gasteiger partial charge < -0.3 is 0 Å². The maximum Gasteiger partial charge on any atom is 0.104 e. The van der Waals surface area contributed by atoms with Crippen molar-refractivity contribution in [1.82, 2.24) is 0 Å². The fraction of sp³-hybridized carbons (Fsp3) is 0.667. The van der Waals surface area contributed by atoms with Crippen LogP contribution in [0.15, 0.2) is 9.98 Å². The van der Waals surface area contributed by atoms with E-state index in [2.05, 4.69) is 16.9 Å². The maximum absolute atomic E-state index is 4.17. The molecule has 0 spiro atoms. The van der Waals surface area contributed by atoms with Gasteiger partial charge in [0.2, 0.25) is 0 Å². The highest BCUT2D eigenvalue weighted by molar-refractivity contribution is 5.73. The van der Waals surface area contributed by atoms with E-state index in [1.165, 1.54) is 0 Å². The molecule has 44 valence electrons. The molecule has 0 fully saturated rings. The van der Waals surface area contributed by atoms with E-state index in [-0.39, 0.29) is 0 Å².